The van der Waals surface area contributed by atoms with Crippen molar-refractivity contribution < 1.29 is 9.90 Å². The predicted molar refractivity (Wildman–Crippen MR) is 92.9 cm³/mol. The van der Waals surface area contributed by atoms with E-state index in [1.807, 2.05) is 24.4 Å². The number of fused-ring (bicyclic) bond motifs is 1. The number of carbonyl (C=O) groups is 1. The number of anilines is 1. The number of hydrogen-bond donors (Lipinski definition) is 2. The number of nitrogens with one attached hydrogen (secondary N) is 1. The summed E-state index contributed by atoms with van der Waals surface area (Å²) in [6.07, 6.45) is 3.30. The summed E-state index contributed by atoms with van der Waals surface area (Å²) in [6, 6.07) is 5.47. The summed E-state index contributed by atoms with van der Waals surface area (Å²) >= 11 is 1.43. The van der Waals surface area contributed by atoms with Crippen LogP contribution in [0.4, 0.5) is 5.13 Å². The molecule has 3 rings (SSSR count). The largest absolute Gasteiger partial charge is 0.508 e. The maximum Gasteiger partial charge on any atom is 0.233 e. The summed E-state index contributed by atoms with van der Waals surface area (Å²) in [5, 5.41) is 15.3. The highest BCUT2D eigenvalue weighted by Gasteiger charge is 2.48. The quantitative estimate of drug-likeness (QED) is 0.884. The molecule has 1 aliphatic rings. The molecule has 1 aromatic carbocycles. The molecule has 5 heteroatoms. The number of amides is 1. The van der Waals surface area contributed by atoms with Crippen molar-refractivity contribution in [3.8, 4) is 5.75 Å². The fraction of sp³-hybridized carbons (Fsp3) is 0.444. The van der Waals surface area contributed by atoms with Crippen LogP contribution in [-0.4, -0.2) is 16.0 Å². The van der Waals surface area contributed by atoms with Crippen LogP contribution in [0.3, 0.4) is 0 Å². The van der Waals surface area contributed by atoms with Gasteiger partial charge in [0, 0.05) is 11.6 Å². The van der Waals surface area contributed by atoms with Gasteiger partial charge in [-0.05, 0) is 54.9 Å². The molecule has 1 aliphatic carbocycles. The normalized spacial score (nSPS) is 23.0. The zero-order valence-corrected chi connectivity index (χ0v) is 14.5. The SMILES string of the molecule is CC(C)C[C@@H]1c2cc(O)ccc2C[C@]1(C)C(=O)Nc1nccs1. The van der Waals surface area contributed by atoms with E-state index in [1.165, 1.54) is 11.3 Å². The monoisotopic (exact) mass is 330 g/mol. The molecule has 4 nitrogen and oxygen atoms in total. The van der Waals surface area contributed by atoms with Gasteiger partial charge in [0.1, 0.15) is 5.75 Å². The number of phenols is 1. The van der Waals surface area contributed by atoms with E-state index in [0.717, 1.165) is 17.5 Å². The van der Waals surface area contributed by atoms with Crippen molar-refractivity contribution in [3.63, 3.8) is 0 Å². The van der Waals surface area contributed by atoms with Gasteiger partial charge in [0.25, 0.3) is 0 Å². The van der Waals surface area contributed by atoms with E-state index in [2.05, 4.69) is 24.1 Å². The molecule has 2 atom stereocenters. The fourth-order valence-electron chi connectivity index (χ4n) is 3.55. The number of hydrogen-bond acceptors (Lipinski definition) is 4. The molecule has 2 aromatic rings. The number of thiazole rings is 1. The molecule has 0 unspecified atom stereocenters. The van der Waals surface area contributed by atoms with E-state index < -0.39 is 5.41 Å². The highest BCUT2D eigenvalue weighted by atomic mass is 32.1. The van der Waals surface area contributed by atoms with Gasteiger partial charge in [-0.1, -0.05) is 19.9 Å². The van der Waals surface area contributed by atoms with Crippen molar-refractivity contribution in [1.29, 1.82) is 0 Å². The molecule has 0 saturated carbocycles. The zero-order chi connectivity index (χ0) is 16.6. The molecule has 0 bridgehead atoms. The second kappa shape index (κ2) is 5.96. The third-order valence-corrected chi connectivity index (χ3v) is 5.40. The van der Waals surface area contributed by atoms with Crippen LogP contribution in [0.15, 0.2) is 29.8 Å². The molecule has 1 heterocycles. The minimum absolute atomic E-state index is 0.00814. The molecule has 122 valence electrons. The van der Waals surface area contributed by atoms with Crippen LogP contribution < -0.4 is 5.32 Å². The van der Waals surface area contributed by atoms with E-state index in [9.17, 15) is 9.90 Å². The Balaban J connectivity index is 1.95. The van der Waals surface area contributed by atoms with Crippen molar-refractivity contribution >= 4 is 22.4 Å². The lowest BCUT2D eigenvalue weighted by Crippen LogP contribution is -2.37. The van der Waals surface area contributed by atoms with Crippen LogP contribution in [0.2, 0.25) is 0 Å². The van der Waals surface area contributed by atoms with Gasteiger partial charge in [0.05, 0.1) is 5.41 Å². The highest BCUT2D eigenvalue weighted by Crippen LogP contribution is 2.51. The van der Waals surface area contributed by atoms with Crippen LogP contribution in [0.1, 0.15) is 44.2 Å². The summed E-state index contributed by atoms with van der Waals surface area (Å²) in [5.41, 5.74) is 1.74. The average molecular weight is 330 g/mol. The van der Waals surface area contributed by atoms with E-state index in [4.69, 9.17) is 0 Å². The molecular formula is C18H22N2O2S. The standard InChI is InChI=1S/C18H22N2O2S/c1-11(2)8-15-14-9-13(21)5-4-12(14)10-18(15,3)16(22)20-17-19-6-7-23-17/h4-7,9,11,15,21H,8,10H2,1-3H3,(H,19,20,22)/t15-,18+/m1/s1. The van der Waals surface area contributed by atoms with Gasteiger partial charge >= 0.3 is 0 Å². The van der Waals surface area contributed by atoms with E-state index >= 15 is 0 Å². The fourth-order valence-corrected chi connectivity index (χ4v) is 4.08. The second-order valence-corrected chi connectivity index (χ2v) is 7.85. The lowest BCUT2D eigenvalue weighted by Gasteiger charge is -2.31. The molecule has 23 heavy (non-hydrogen) atoms. The lowest BCUT2D eigenvalue weighted by molar-refractivity contribution is -0.125. The summed E-state index contributed by atoms with van der Waals surface area (Å²) in [7, 11) is 0. The van der Waals surface area contributed by atoms with Gasteiger partial charge in [0.15, 0.2) is 5.13 Å². The molecule has 0 radical (unpaired) electrons. The molecule has 0 fully saturated rings. The summed E-state index contributed by atoms with van der Waals surface area (Å²) in [6.45, 7) is 6.36. The molecule has 0 spiro atoms. The number of phenolic OH excluding ortho intramolecular Hbond substituents is 1. The maximum absolute atomic E-state index is 13.0. The van der Waals surface area contributed by atoms with Crippen molar-refractivity contribution in [1.82, 2.24) is 4.98 Å². The van der Waals surface area contributed by atoms with Crippen molar-refractivity contribution in [3.05, 3.63) is 40.9 Å². The minimum atomic E-state index is -0.522. The first-order chi connectivity index (χ1) is 10.9. The first kappa shape index (κ1) is 16.0. The van der Waals surface area contributed by atoms with Gasteiger partial charge in [0.2, 0.25) is 5.91 Å². The number of benzene rings is 1. The molecular weight excluding hydrogens is 308 g/mol. The third kappa shape index (κ3) is 2.98. The molecule has 1 aromatic heterocycles. The highest BCUT2D eigenvalue weighted by molar-refractivity contribution is 7.13. The zero-order valence-electron chi connectivity index (χ0n) is 13.7. The first-order valence-electron chi connectivity index (χ1n) is 7.93. The van der Waals surface area contributed by atoms with Crippen molar-refractivity contribution in [2.24, 2.45) is 11.3 Å². The van der Waals surface area contributed by atoms with E-state index in [1.54, 1.807) is 12.3 Å². The van der Waals surface area contributed by atoms with Crippen molar-refractivity contribution in [2.75, 3.05) is 5.32 Å². The first-order valence-corrected chi connectivity index (χ1v) is 8.81. The van der Waals surface area contributed by atoms with Crippen LogP contribution in [-0.2, 0) is 11.2 Å². The molecule has 0 saturated heterocycles. The number of carbonyl (C=O) groups excluding carboxylic acids is 1. The van der Waals surface area contributed by atoms with Crippen LogP contribution in [0, 0.1) is 11.3 Å². The second-order valence-electron chi connectivity index (χ2n) is 6.95. The number of nitrogens with zero attached hydrogens (tertiary/aromatic N) is 1. The minimum Gasteiger partial charge on any atom is -0.508 e. The molecule has 2 N–H and O–H groups in total. The smallest absolute Gasteiger partial charge is 0.233 e. The number of rotatable bonds is 4. The predicted octanol–water partition coefficient (Wildman–Crippen LogP) is 4.18. The summed E-state index contributed by atoms with van der Waals surface area (Å²) in [5.74, 6) is 0.848. The van der Waals surface area contributed by atoms with E-state index in [-0.39, 0.29) is 17.6 Å². The molecule has 1 amide bonds. The summed E-state index contributed by atoms with van der Waals surface area (Å²) in [4.78, 5) is 17.1. The van der Waals surface area contributed by atoms with Crippen LogP contribution in [0.5, 0.6) is 5.75 Å². The van der Waals surface area contributed by atoms with Gasteiger partial charge < -0.3 is 10.4 Å². The number of aromatic hydroxyl groups is 1. The number of aromatic nitrogens is 1. The Kier molecular flexibility index (Phi) is 4.15. The van der Waals surface area contributed by atoms with Gasteiger partial charge in [-0.25, -0.2) is 4.98 Å². The Morgan fingerprint density at radius 3 is 2.96 bits per heavy atom. The maximum atomic E-state index is 13.0. The van der Waals surface area contributed by atoms with Gasteiger partial charge in [-0.2, -0.15) is 0 Å². The summed E-state index contributed by atoms with van der Waals surface area (Å²) < 4.78 is 0. The Hall–Kier alpha value is -1.88. The van der Waals surface area contributed by atoms with Gasteiger partial charge in [-0.15, -0.1) is 11.3 Å². The third-order valence-electron chi connectivity index (χ3n) is 4.71. The average Bonchev–Trinajstić information content (AvgIpc) is 3.07. The van der Waals surface area contributed by atoms with Crippen LogP contribution in [0.25, 0.3) is 0 Å². The Morgan fingerprint density at radius 1 is 1.52 bits per heavy atom. The Morgan fingerprint density at radius 2 is 2.30 bits per heavy atom. The van der Waals surface area contributed by atoms with Gasteiger partial charge in [-0.3, -0.25) is 4.79 Å². The molecule has 0 aliphatic heterocycles. The Labute approximate surface area is 140 Å². The lowest BCUT2D eigenvalue weighted by atomic mass is 9.73. The van der Waals surface area contributed by atoms with E-state index in [0.29, 0.717) is 17.5 Å². The topological polar surface area (TPSA) is 62.2 Å². The Bertz CT molecular complexity index is 712. The van der Waals surface area contributed by atoms with Crippen LogP contribution >= 0.6 is 11.3 Å². The van der Waals surface area contributed by atoms with Crippen molar-refractivity contribution in [2.45, 2.75) is 39.5 Å².